The van der Waals surface area contributed by atoms with Gasteiger partial charge in [0.15, 0.2) is 0 Å². The Labute approximate surface area is 124 Å². The molecule has 0 N–H and O–H groups in total. The van der Waals surface area contributed by atoms with Gasteiger partial charge >= 0.3 is 0 Å². The van der Waals surface area contributed by atoms with Gasteiger partial charge in [0.05, 0.1) is 0 Å². The van der Waals surface area contributed by atoms with Crippen molar-refractivity contribution in [1.29, 1.82) is 0 Å². The zero-order valence-corrected chi connectivity index (χ0v) is 14.9. The van der Waals surface area contributed by atoms with Gasteiger partial charge in [-0.05, 0) is 24.9 Å². The highest BCUT2D eigenvalue weighted by Crippen LogP contribution is 2.35. The van der Waals surface area contributed by atoms with E-state index in [-0.39, 0.29) is 0 Å². The van der Waals surface area contributed by atoms with Crippen molar-refractivity contribution >= 4 is 7.92 Å². The molecule has 19 heavy (non-hydrogen) atoms. The summed E-state index contributed by atoms with van der Waals surface area (Å²) < 4.78 is 0. The van der Waals surface area contributed by atoms with E-state index in [1.165, 1.54) is 89.4 Å². The fourth-order valence-corrected chi connectivity index (χ4v) is 4.47. The van der Waals surface area contributed by atoms with Crippen LogP contribution in [0.25, 0.3) is 0 Å². The lowest BCUT2D eigenvalue weighted by Gasteiger charge is -2.12. The maximum Gasteiger partial charge on any atom is -0.0326 e. The largest absolute Gasteiger partial charge is 0.107 e. The molecule has 0 aromatic rings. The Balaban J connectivity index is 3.02. The monoisotopic (exact) mass is 286 g/mol. The SMILES string of the molecule is CCCCCCCCCCCCCCP(CC)CC. The second-order valence-corrected chi connectivity index (χ2v) is 8.97. The van der Waals surface area contributed by atoms with Crippen molar-refractivity contribution < 1.29 is 0 Å². The van der Waals surface area contributed by atoms with Crippen LogP contribution in [0, 0.1) is 0 Å². The average Bonchev–Trinajstić information content (AvgIpc) is 2.44. The van der Waals surface area contributed by atoms with Crippen LogP contribution < -0.4 is 0 Å². The zero-order chi connectivity index (χ0) is 14.2. The molecule has 0 atom stereocenters. The van der Waals surface area contributed by atoms with E-state index in [0.717, 1.165) is 0 Å². The van der Waals surface area contributed by atoms with Crippen LogP contribution in [-0.2, 0) is 0 Å². The first-order valence-corrected chi connectivity index (χ1v) is 11.0. The van der Waals surface area contributed by atoms with Crippen molar-refractivity contribution in [2.45, 2.75) is 97.8 Å². The minimum Gasteiger partial charge on any atom is -0.107 e. The summed E-state index contributed by atoms with van der Waals surface area (Å²) in [5.41, 5.74) is 0. The lowest BCUT2D eigenvalue weighted by atomic mass is 10.1. The molecule has 0 heterocycles. The second-order valence-electron chi connectivity index (χ2n) is 5.92. The Morgan fingerprint density at radius 3 is 1.21 bits per heavy atom. The van der Waals surface area contributed by atoms with E-state index < -0.39 is 0 Å². The maximum absolute atomic E-state index is 2.37. The van der Waals surface area contributed by atoms with Crippen LogP contribution >= 0.6 is 7.92 Å². The van der Waals surface area contributed by atoms with Crippen molar-refractivity contribution in [2.75, 3.05) is 18.5 Å². The molecule has 0 amide bonds. The normalized spacial score (nSPS) is 11.4. The summed E-state index contributed by atoms with van der Waals surface area (Å²) in [7, 11) is 0.406. The van der Waals surface area contributed by atoms with Crippen molar-refractivity contribution in [2.24, 2.45) is 0 Å². The molecule has 0 rings (SSSR count). The molecule has 0 unspecified atom stereocenters. The van der Waals surface area contributed by atoms with Crippen molar-refractivity contribution in [3.05, 3.63) is 0 Å². The standard InChI is InChI=1S/C18H39P/c1-4-7-8-9-10-11-12-13-14-15-16-17-18-19(5-2)6-3/h4-18H2,1-3H3. The van der Waals surface area contributed by atoms with Crippen molar-refractivity contribution in [3.8, 4) is 0 Å². The minimum absolute atomic E-state index is 0.406. The Bertz CT molecular complexity index is 152. The quantitative estimate of drug-likeness (QED) is 0.220. The molecule has 0 saturated heterocycles. The molecule has 0 nitrogen and oxygen atoms in total. The van der Waals surface area contributed by atoms with E-state index in [1.807, 2.05) is 0 Å². The van der Waals surface area contributed by atoms with Gasteiger partial charge in [-0.15, -0.1) is 7.92 Å². The Morgan fingerprint density at radius 1 is 0.474 bits per heavy atom. The molecule has 0 fully saturated rings. The van der Waals surface area contributed by atoms with Gasteiger partial charge in [0.1, 0.15) is 0 Å². The lowest BCUT2D eigenvalue weighted by molar-refractivity contribution is 0.548. The van der Waals surface area contributed by atoms with Gasteiger partial charge in [-0.25, -0.2) is 0 Å². The number of rotatable bonds is 15. The number of hydrogen-bond acceptors (Lipinski definition) is 0. The van der Waals surface area contributed by atoms with Gasteiger partial charge in [0.2, 0.25) is 0 Å². The Kier molecular flexibility index (Phi) is 16.9. The summed E-state index contributed by atoms with van der Waals surface area (Å²) >= 11 is 0. The summed E-state index contributed by atoms with van der Waals surface area (Å²) in [6.45, 7) is 7.04. The molecule has 0 aromatic heterocycles. The van der Waals surface area contributed by atoms with Gasteiger partial charge < -0.3 is 0 Å². The highest BCUT2D eigenvalue weighted by atomic mass is 31.1. The summed E-state index contributed by atoms with van der Waals surface area (Å²) in [5.74, 6) is 0. The fraction of sp³-hybridized carbons (Fsp3) is 1.00. The molecular weight excluding hydrogens is 247 g/mol. The predicted octanol–water partition coefficient (Wildman–Crippen LogP) is 7.21. The van der Waals surface area contributed by atoms with Crippen LogP contribution in [0.15, 0.2) is 0 Å². The predicted molar refractivity (Wildman–Crippen MR) is 93.9 cm³/mol. The Morgan fingerprint density at radius 2 is 0.842 bits per heavy atom. The Hall–Kier alpha value is 0.430. The topological polar surface area (TPSA) is 0 Å². The zero-order valence-electron chi connectivity index (χ0n) is 14.1. The van der Waals surface area contributed by atoms with Gasteiger partial charge in [-0.2, -0.15) is 0 Å². The lowest BCUT2D eigenvalue weighted by Crippen LogP contribution is -1.90. The number of unbranched alkanes of at least 4 members (excludes halogenated alkanes) is 11. The summed E-state index contributed by atoms with van der Waals surface area (Å²) in [5, 5.41) is 0. The molecule has 0 aromatic carbocycles. The van der Waals surface area contributed by atoms with E-state index in [4.69, 9.17) is 0 Å². The molecule has 0 radical (unpaired) electrons. The molecule has 0 aliphatic heterocycles. The molecular formula is C18H39P. The smallest absolute Gasteiger partial charge is 0.0326 e. The third-order valence-electron chi connectivity index (χ3n) is 4.22. The van der Waals surface area contributed by atoms with Gasteiger partial charge in [0.25, 0.3) is 0 Å². The van der Waals surface area contributed by atoms with Gasteiger partial charge in [0, 0.05) is 0 Å². The van der Waals surface area contributed by atoms with E-state index in [9.17, 15) is 0 Å². The third kappa shape index (κ3) is 14.6. The van der Waals surface area contributed by atoms with E-state index in [2.05, 4.69) is 20.8 Å². The van der Waals surface area contributed by atoms with Gasteiger partial charge in [-0.3, -0.25) is 0 Å². The summed E-state index contributed by atoms with van der Waals surface area (Å²) in [6.07, 6.45) is 22.1. The van der Waals surface area contributed by atoms with Crippen molar-refractivity contribution in [3.63, 3.8) is 0 Å². The van der Waals surface area contributed by atoms with E-state index >= 15 is 0 Å². The van der Waals surface area contributed by atoms with Crippen molar-refractivity contribution in [1.82, 2.24) is 0 Å². The molecule has 116 valence electrons. The van der Waals surface area contributed by atoms with Crippen LogP contribution in [0.1, 0.15) is 97.8 Å². The van der Waals surface area contributed by atoms with E-state index in [1.54, 1.807) is 6.16 Å². The highest BCUT2D eigenvalue weighted by molar-refractivity contribution is 7.57. The van der Waals surface area contributed by atoms with Crippen LogP contribution in [-0.4, -0.2) is 18.5 Å². The van der Waals surface area contributed by atoms with Gasteiger partial charge in [-0.1, -0.05) is 91.4 Å². The summed E-state index contributed by atoms with van der Waals surface area (Å²) in [4.78, 5) is 0. The first-order chi connectivity index (χ1) is 9.35. The van der Waals surface area contributed by atoms with Crippen LogP contribution in [0.3, 0.4) is 0 Å². The molecule has 0 spiro atoms. The third-order valence-corrected chi connectivity index (χ3v) is 6.96. The first-order valence-electron chi connectivity index (χ1n) is 9.07. The molecule has 0 saturated carbocycles. The molecule has 0 aliphatic rings. The molecule has 0 bridgehead atoms. The van der Waals surface area contributed by atoms with Crippen LogP contribution in [0.4, 0.5) is 0 Å². The molecule has 1 heteroatoms. The maximum atomic E-state index is 2.37. The molecule has 0 aliphatic carbocycles. The average molecular weight is 286 g/mol. The van der Waals surface area contributed by atoms with E-state index in [0.29, 0.717) is 7.92 Å². The fourth-order valence-electron chi connectivity index (χ4n) is 2.72. The first kappa shape index (κ1) is 19.4. The van der Waals surface area contributed by atoms with Crippen LogP contribution in [0.5, 0.6) is 0 Å². The minimum atomic E-state index is 0.406. The second kappa shape index (κ2) is 16.5. The highest BCUT2D eigenvalue weighted by Gasteiger charge is 2.01. The van der Waals surface area contributed by atoms with Crippen LogP contribution in [0.2, 0.25) is 0 Å². The summed E-state index contributed by atoms with van der Waals surface area (Å²) in [6, 6.07) is 0. The number of hydrogen-bond donors (Lipinski definition) is 0.